The normalized spacial score (nSPS) is 11.6. The van der Waals surface area contributed by atoms with E-state index in [4.69, 9.17) is 11.6 Å². The maximum Gasteiger partial charge on any atom is 0.405 e. The van der Waals surface area contributed by atoms with Gasteiger partial charge in [0, 0.05) is 18.3 Å². The Kier molecular flexibility index (Phi) is 4.56. The third-order valence-corrected chi connectivity index (χ3v) is 2.43. The second-order valence-electron chi connectivity index (χ2n) is 3.37. The summed E-state index contributed by atoms with van der Waals surface area (Å²) in [4.78, 5) is 4.46. The molecule has 0 aromatic carbocycles. The highest BCUT2D eigenvalue weighted by Crippen LogP contribution is 2.24. The van der Waals surface area contributed by atoms with Crippen LogP contribution in [0.3, 0.4) is 0 Å². The van der Waals surface area contributed by atoms with Gasteiger partial charge in [-0.2, -0.15) is 13.2 Å². The SMILES string of the molecule is CCN(CC(F)(F)F)c1nccc(CCl)c1F. The summed E-state index contributed by atoms with van der Waals surface area (Å²) >= 11 is 5.48. The van der Waals surface area contributed by atoms with Gasteiger partial charge < -0.3 is 4.90 Å². The minimum Gasteiger partial charge on any atom is -0.345 e. The molecule has 0 aliphatic heterocycles. The first-order valence-corrected chi connectivity index (χ1v) is 5.43. The number of anilines is 1. The lowest BCUT2D eigenvalue weighted by Gasteiger charge is -2.24. The summed E-state index contributed by atoms with van der Waals surface area (Å²) in [6.07, 6.45) is -3.16. The van der Waals surface area contributed by atoms with Gasteiger partial charge in [0.25, 0.3) is 0 Å². The van der Waals surface area contributed by atoms with Gasteiger partial charge in [-0.15, -0.1) is 11.6 Å². The van der Waals surface area contributed by atoms with E-state index < -0.39 is 18.5 Å². The zero-order valence-electron chi connectivity index (χ0n) is 9.06. The fraction of sp³-hybridized carbons (Fsp3) is 0.500. The zero-order valence-corrected chi connectivity index (χ0v) is 9.82. The second-order valence-corrected chi connectivity index (χ2v) is 3.64. The lowest BCUT2D eigenvalue weighted by molar-refractivity contribution is -0.119. The standard InChI is InChI=1S/C10H11ClF4N2/c1-2-17(6-10(13,14)15)9-8(12)7(5-11)3-4-16-9/h3-4H,2,5-6H2,1H3. The lowest BCUT2D eigenvalue weighted by atomic mass is 10.2. The Hall–Kier alpha value is -1.04. The Morgan fingerprint density at radius 1 is 1.41 bits per heavy atom. The number of pyridine rings is 1. The molecule has 2 nitrogen and oxygen atoms in total. The predicted octanol–water partition coefficient (Wildman–Crippen LogP) is 3.35. The molecule has 0 radical (unpaired) electrons. The van der Waals surface area contributed by atoms with Crippen LogP contribution in [0, 0.1) is 5.82 Å². The molecule has 0 atom stereocenters. The summed E-state index contributed by atoms with van der Waals surface area (Å²) in [5, 5.41) is 0. The maximum atomic E-state index is 13.7. The molecule has 0 unspecified atom stereocenters. The van der Waals surface area contributed by atoms with Gasteiger partial charge in [0.15, 0.2) is 11.6 Å². The molecule has 17 heavy (non-hydrogen) atoms. The zero-order chi connectivity index (χ0) is 13.1. The summed E-state index contributed by atoms with van der Waals surface area (Å²) in [7, 11) is 0. The molecule has 0 amide bonds. The van der Waals surface area contributed by atoms with Crippen molar-refractivity contribution in [3.8, 4) is 0 Å². The fourth-order valence-corrected chi connectivity index (χ4v) is 1.55. The van der Waals surface area contributed by atoms with Gasteiger partial charge >= 0.3 is 6.18 Å². The molecular weight excluding hydrogens is 260 g/mol. The summed E-state index contributed by atoms with van der Waals surface area (Å²) in [6.45, 7) is 0.272. The Labute approximate surface area is 101 Å². The van der Waals surface area contributed by atoms with E-state index in [2.05, 4.69) is 4.98 Å². The van der Waals surface area contributed by atoms with Gasteiger partial charge in [0.2, 0.25) is 0 Å². The number of hydrogen-bond donors (Lipinski definition) is 0. The predicted molar refractivity (Wildman–Crippen MR) is 57.7 cm³/mol. The van der Waals surface area contributed by atoms with Crippen molar-refractivity contribution >= 4 is 17.4 Å². The highest BCUT2D eigenvalue weighted by atomic mass is 35.5. The fourth-order valence-electron chi connectivity index (χ4n) is 1.35. The summed E-state index contributed by atoms with van der Waals surface area (Å²) in [6, 6.07) is 1.34. The molecule has 0 aliphatic carbocycles. The molecule has 0 fully saturated rings. The molecule has 1 aromatic heterocycles. The van der Waals surface area contributed by atoms with Crippen LogP contribution in [0.5, 0.6) is 0 Å². The number of hydrogen-bond acceptors (Lipinski definition) is 2. The van der Waals surface area contributed by atoms with Crippen LogP contribution in [0.15, 0.2) is 12.3 Å². The smallest absolute Gasteiger partial charge is 0.345 e. The third kappa shape index (κ3) is 3.73. The van der Waals surface area contributed by atoms with Gasteiger partial charge in [-0.05, 0) is 13.0 Å². The summed E-state index contributed by atoms with van der Waals surface area (Å²) in [5.74, 6) is -1.22. The minimum atomic E-state index is -4.40. The average molecular weight is 271 g/mol. The van der Waals surface area contributed by atoms with Crippen LogP contribution >= 0.6 is 11.6 Å². The van der Waals surface area contributed by atoms with Gasteiger partial charge in [-0.3, -0.25) is 0 Å². The molecule has 1 rings (SSSR count). The maximum absolute atomic E-state index is 13.7. The number of aromatic nitrogens is 1. The molecule has 0 saturated heterocycles. The van der Waals surface area contributed by atoms with Crippen molar-refractivity contribution in [2.75, 3.05) is 18.0 Å². The van der Waals surface area contributed by atoms with Crippen molar-refractivity contribution in [2.45, 2.75) is 19.0 Å². The van der Waals surface area contributed by atoms with Gasteiger partial charge in [0.05, 0.1) is 5.88 Å². The van der Waals surface area contributed by atoms with Crippen LogP contribution in [0.25, 0.3) is 0 Å². The van der Waals surface area contributed by atoms with Crippen molar-refractivity contribution in [3.63, 3.8) is 0 Å². The number of nitrogens with zero attached hydrogens (tertiary/aromatic N) is 2. The molecule has 0 N–H and O–H groups in total. The first-order valence-electron chi connectivity index (χ1n) is 4.90. The van der Waals surface area contributed by atoms with Crippen molar-refractivity contribution in [2.24, 2.45) is 0 Å². The van der Waals surface area contributed by atoms with Crippen LogP contribution in [-0.4, -0.2) is 24.2 Å². The first-order chi connectivity index (χ1) is 7.89. The second kappa shape index (κ2) is 5.53. The lowest BCUT2D eigenvalue weighted by Crippen LogP contribution is -2.35. The molecule has 1 heterocycles. The van der Waals surface area contributed by atoms with E-state index in [1.807, 2.05) is 0 Å². The van der Waals surface area contributed by atoms with Crippen LogP contribution in [-0.2, 0) is 5.88 Å². The minimum absolute atomic E-state index is 0.00910. The summed E-state index contributed by atoms with van der Waals surface area (Å²) < 4.78 is 50.6. The van der Waals surface area contributed by atoms with E-state index in [0.29, 0.717) is 0 Å². The molecule has 0 aliphatic rings. The van der Waals surface area contributed by atoms with Crippen molar-refractivity contribution < 1.29 is 17.6 Å². The molecule has 96 valence electrons. The molecule has 0 bridgehead atoms. The molecule has 0 spiro atoms. The molecule has 7 heteroatoms. The van der Waals surface area contributed by atoms with E-state index in [1.165, 1.54) is 19.2 Å². The van der Waals surface area contributed by atoms with Crippen LogP contribution in [0.4, 0.5) is 23.4 Å². The first kappa shape index (κ1) is 14.0. The van der Waals surface area contributed by atoms with Gasteiger partial charge in [-0.25, -0.2) is 9.37 Å². The van der Waals surface area contributed by atoms with Crippen molar-refractivity contribution in [1.29, 1.82) is 0 Å². The van der Waals surface area contributed by atoms with E-state index in [9.17, 15) is 17.6 Å². The molecular formula is C10H11ClF4N2. The quantitative estimate of drug-likeness (QED) is 0.616. The van der Waals surface area contributed by atoms with Crippen LogP contribution in [0.1, 0.15) is 12.5 Å². The molecule has 1 aromatic rings. The van der Waals surface area contributed by atoms with Crippen molar-refractivity contribution in [3.05, 3.63) is 23.6 Å². The monoisotopic (exact) mass is 270 g/mol. The van der Waals surface area contributed by atoms with E-state index in [0.717, 1.165) is 4.90 Å². The number of halogens is 5. The van der Waals surface area contributed by atoms with Gasteiger partial charge in [0.1, 0.15) is 6.54 Å². The van der Waals surface area contributed by atoms with E-state index in [1.54, 1.807) is 0 Å². The number of alkyl halides is 4. The topological polar surface area (TPSA) is 16.1 Å². The number of rotatable bonds is 4. The largest absolute Gasteiger partial charge is 0.405 e. The van der Waals surface area contributed by atoms with Crippen LogP contribution in [0.2, 0.25) is 0 Å². The Bertz CT molecular complexity index is 381. The highest BCUT2D eigenvalue weighted by Gasteiger charge is 2.32. The Morgan fingerprint density at radius 3 is 2.53 bits per heavy atom. The van der Waals surface area contributed by atoms with Gasteiger partial charge in [-0.1, -0.05) is 0 Å². The Balaban J connectivity index is 3.04. The average Bonchev–Trinajstić information content (AvgIpc) is 2.25. The Morgan fingerprint density at radius 2 is 2.06 bits per heavy atom. The van der Waals surface area contributed by atoms with Crippen molar-refractivity contribution in [1.82, 2.24) is 4.98 Å². The third-order valence-electron chi connectivity index (χ3n) is 2.15. The molecule has 0 saturated carbocycles. The summed E-state index contributed by atoms with van der Waals surface area (Å²) in [5.41, 5.74) is 0.136. The van der Waals surface area contributed by atoms with E-state index >= 15 is 0 Å². The highest BCUT2D eigenvalue weighted by molar-refractivity contribution is 6.17. The van der Waals surface area contributed by atoms with Crippen LogP contribution < -0.4 is 4.90 Å². The van der Waals surface area contributed by atoms with E-state index in [-0.39, 0.29) is 23.8 Å².